The van der Waals surface area contributed by atoms with Crippen LogP contribution in [0, 0.1) is 5.92 Å². The molecule has 1 saturated heterocycles. The first-order valence-corrected chi connectivity index (χ1v) is 12.9. The van der Waals surface area contributed by atoms with E-state index in [2.05, 4.69) is 11.7 Å². The molecular formula is C29H33ClN2O6. The number of methoxy groups -OCH3 is 1. The number of likely N-dealkylation sites (tertiary alicyclic amines) is 1. The van der Waals surface area contributed by atoms with Crippen LogP contribution in [0.25, 0.3) is 0 Å². The molecule has 8 nitrogen and oxygen atoms in total. The summed E-state index contributed by atoms with van der Waals surface area (Å²) in [7, 11) is 1.56. The standard InChI is InChI=1S/C29H33ClN2O6/c1-4-13-38-31-25-11-9-21(15-23-16-24(30)10-12-26(23)37-3)28(34)32(18-25)27(33)17-19(5-2)20-7-6-8-22(14-20)29(35)36/h4,6-8,10,12,14,16,19,21H,1,5,9,11,13,15,17-18H2,2-3H3,(H,35,36)/b31-25+/t19-,21?/m0/s1. The minimum absolute atomic E-state index is 0.0313. The molecule has 9 heteroatoms. The van der Waals surface area contributed by atoms with Gasteiger partial charge < -0.3 is 14.7 Å². The van der Waals surface area contributed by atoms with Crippen LogP contribution in [-0.2, 0) is 20.8 Å². The fourth-order valence-corrected chi connectivity index (χ4v) is 4.79. The van der Waals surface area contributed by atoms with Gasteiger partial charge in [0.05, 0.1) is 24.9 Å². The second-order valence-electron chi connectivity index (χ2n) is 9.20. The van der Waals surface area contributed by atoms with Crippen molar-refractivity contribution in [3.8, 4) is 5.75 Å². The molecule has 1 heterocycles. The molecule has 1 aliphatic rings. The van der Waals surface area contributed by atoms with Gasteiger partial charge in [0.1, 0.15) is 12.4 Å². The number of benzene rings is 2. The highest BCUT2D eigenvalue weighted by molar-refractivity contribution is 6.30. The van der Waals surface area contributed by atoms with E-state index in [1.54, 1.807) is 43.5 Å². The van der Waals surface area contributed by atoms with Crippen molar-refractivity contribution in [1.29, 1.82) is 0 Å². The summed E-state index contributed by atoms with van der Waals surface area (Å²) in [4.78, 5) is 45.3. The molecule has 2 aromatic carbocycles. The Kier molecular flexibility index (Phi) is 10.5. The van der Waals surface area contributed by atoms with Crippen molar-refractivity contribution >= 4 is 35.1 Å². The monoisotopic (exact) mass is 540 g/mol. The largest absolute Gasteiger partial charge is 0.496 e. The zero-order chi connectivity index (χ0) is 27.7. The third-order valence-corrected chi connectivity index (χ3v) is 6.89. The molecule has 2 amide bonds. The number of carbonyl (C=O) groups is 3. The average molecular weight is 541 g/mol. The maximum Gasteiger partial charge on any atom is 0.335 e. The summed E-state index contributed by atoms with van der Waals surface area (Å²) >= 11 is 6.21. The number of amides is 2. The fourth-order valence-electron chi connectivity index (χ4n) is 4.60. The van der Waals surface area contributed by atoms with Gasteiger partial charge in [-0.15, -0.1) is 0 Å². The number of carbonyl (C=O) groups excluding carboxylic acids is 2. The number of halogens is 1. The first-order valence-electron chi connectivity index (χ1n) is 12.6. The number of oxime groups is 1. The van der Waals surface area contributed by atoms with Crippen molar-refractivity contribution in [3.05, 3.63) is 76.8 Å². The fraction of sp³-hybridized carbons (Fsp3) is 0.379. The lowest BCUT2D eigenvalue weighted by atomic mass is 9.91. The van der Waals surface area contributed by atoms with Crippen molar-refractivity contribution in [1.82, 2.24) is 4.90 Å². The number of hydrogen-bond donors (Lipinski definition) is 1. The Morgan fingerprint density at radius 2 is 2.08 bits per heavy atom. The Balaban J connectivity index is 1.88. The minimum Gasteiger partial charge on any atom is -0.496 e. The van der Waals surface area contributed by atoms with Gasteiger partial charge in [0.15, 0.2) is 0 Å². The molecule has 0 radical (unpaired) electrons. The highest BCUT2D eigenvalue weighted by atomic mass is 35.5. The van der Waals surface area contributed by atoms with Crippen LogP contribution in [0.15, 0.2) is 60.3 Å². The SMILES string of the molecule is C=CCO/N=C1\CCC(Cc2cc(Cl)ccc2OC)C(=O)N(C(=O)C[C@H](CC)c2cccc(C(=O)O)c2)C1. The van der Waals surface area contributed by atoms with Crippen LogP contribution in [0.4, 0.5) is 0 Å². The molecule has 0 spiro atoms. The third kappa shape index (κ3) is 7.44. The Morgan fingerprint density at radius 3 is 2.76 bits per heavy atom. The van der Waals surface area contributed by atoms with Crippen LogP contribution in [0.3, 0.4) is 0 Å². The number of ether oxygens (including phenoxy) is 1. The molecule has 1 N–H and O–H groups in total. The Labute approximate surface area is 227 Å². The predicted octanol–water partition coefficient (Wildman–Crippen LogP) is 5.50. The van der Waals surface area contributed by atoms with Crippen LogP contribution in [-0.4, -0.2) is 53.8 Å². The Morgan fingerprint density at radius 1 is 1.29 bits per heavy atom. The number of aromatic carboxylic acids is 1. The van der Waals surface area contributed by atoms with Crippen molar-refractivity contribution in [2.75, 3.05) is 20.3 Å². The summed E-state index contributed by atoms with van der Waals surface area (Å²) in [5, 5.41) is 14.1. The van der Waals surface area contributed by atoms with E-state index in [9.17, 15) is 19.5 Å². The average Bonchev–Trinajstić information content (AvgIpc) is 3.06. The van der Waals surface area contributed by atoms with Crippen molar-refractivity contribution in [2.45, 2.75) is 44.9 Å². The van der Waals surface area contributed by atoms with E-state index in [0.717, 1.165) is 11.1 Å². The summed E-state index contributed by atoms with van der Waals surface area (Å²) in [6.45, 7) is 5.79. The minimum atomic E-state index is -1.03. The van der Waals surface area contributed by atoms with E-state index < -0.39 is 11.9 Å². The Hall–Kier alpha value is -3.65. The van der Waals surface area contributed by atoms with Crippen molar-refractivity contribution in [2.24, 2.45) is 11.1 Å². The summed E-state index contributed by atoms with van der Waals surface area (Å²) < 4.78 is 5.47. The summed E-state index contributed by atoms with van der Waals surface area (Å²) in [5.74, 6) is -1.79. The molecule has 1 unspecified atom stereocenters. The van der Waals surface area contributed by atoms with E-state index >= 15 is 0 Å². The van der Waals surface area contributed by atoms with Crippen molar-refractivity contribution < 1.29 is 29.1 Å². The van der Waals surface area contributed by atoms with Crippen molar-refractivity contribution in [3.63, 3.8) is 0 Å². The first kappa shape index (κ1) is 28.9. The molecule has 38 heavy (non-hydrogen) atoms. The molecule has 2 atom stereocenters. The van der Waals surface area contributed by atoms with Crippen LogP contribution in [0.1, 0.15) is 60.0 Å². The van der Waals surface area contributed by atoms with Gasteiger partial charge in [0, 0.05) is 17.4 Å². The van der Waals surface area contributed by atoms with E-state index in [0.29, 0.717) is 42.2 Å². The van der Waals surface area contributed by atoms with Gasteiger partial charge in [-0.25, -0.2) is 4.79 Å². The molecule has 0 aromatic heterocycles. The molecule has 0 bridgehead atoms. The van der Waals surface area contributed by atoms with Gasteiger partial charge in [0.2, 0.25) is 11.8 Å². The first-order chi connectivity index (χ1) is 18.3. The highest BCUT2D eigenvalue weighted by Crippen LogP contribution is 2.30. The summed E-state index contributed by atoms with van der Waals surface area (Å²) in [6, 6.07) is 11.8. The van der Waals surface area contributed by atoms with Crippen LogP contribution in [0.2, 0.25) is 5.02 Å². The lowest BCUT2D eigenvalue weighted by Gasteiger charge is -2.25. The number of rotatable bonds is 11. The summed E-state index contributed by atoms with van der Waals surface area (Å²) in [5.41, 5.74) is 2.27. The maximum atomic E-state index is 13.7. The second-order valence-corrected chi connectivity index (χ2v) is 9.63. The molecule has 1 aliphatic heterocycles. The van der Waals surface area contributed by atoms with Gasteiger partial charge in [-0.05, 0) is 73.1 Å². The molecule has 1 fully saturated rings. The van der Waals surface area contributed by atoms with Crippen LogP contribution >= 0.6 is 11.6 Å². The predicted molar refractivity (Wildman–Crippen MR) is 146 cm³/mol. The maximum absolute atomic E-state index is 13.7. The van der Waals surface area contributed by atoms with E-state index in [1.165, 1.54) is 11.0 Å². The Bertz CT molecular complexity index is 1210. The number of carboxylic acid groups (broad SMARTS) is 1. The highest BCUT2D eigenvalue weighted by Gasteiger charge is 2.35. The normalized spacial score (nSPS) is 17.6. The number of nitrogens with zero attached hydrogens (tertiary/aromatic N) is 2. The molecular weight excluding hydrogens is 508 g/mol. The van der Waals surface area contributed by atoms with Gasteiger partial charge in [-0.2, -0.15) is 0 Å². The van der Waals surface area contributed by atoms with Gasteiger partial charge >= 0.3 is 5.97 Å². The quantitative estimate of drug-likeness (QED) is 0.229. The molecule has 0 aliphatic carbocycles. The van der Waals surface area contributed by atoms with E-state index in [-0.39, 0.29) is 42.9 Å². The van der Waals surface area contributed by atoms with E-state index in [1.807, 2.05) is 13.0 Å². The molecule has 0 saturated carbocycles. The lowest BCUT2D eigenvalue weighted by molar-refractivity contribution is -0.146. The lowest BCUT2D eigenvalue weighted by Crippen LogP contribution is -2.42. The zero-order valence-corrected chi connectivity index (χ0v) is 22.4. The molecule has 3 rings (SSSR count). The van der Waals surface area contributed by atoms with Gasteiger partial charge in [-0.1, -0.05) is 48.5 Å². The molecule has 202 valence electrons. The third-order valence-electron chi connectivity index (χ3n) is 6.65. The summed E-state index contributed by atoms with van der Waals surface area (Å²) in [6.07, 6.45) is 3.54. The smallest absolute Gasteiger partial charge is 0.335 e. The molecule has 2 aromatic rings. The number of imide groups is 1. The van der Waals surface area contributed by atoms with Gasteiger partial charge in [0.25, 0.3) is 0 Å². The number of hydrogen-bond acceptors (Lipinski definition) is 6. The van der Waals surface area contributed by atoms with E-state index in [4.69, 9.17) is 21.2 Å². The topological polar surface area (TPSA) is 106 Å². The van der Waals surface area contributed by atoms with Gasteiger partial charge in [-0.3, -0.25) is 14.5 Å². The van der Waals surface area contributed by atoms with Crippen LogP contribution < -0.4 is 4.74 Å². The zero-order valence-electron chi connectivity index (χ0n) is 21.7. The number of carboxylic acids is 1. The second kappa shape index (κ2) is 13.8. The van der Waals surface area contributed by atoms with Crippen LogP contribution in [0.5, 0.6) is 5.75 Å².